The third-order valence-electron chi connectivity index (χ3n) is 1.38. The molecule has 0 spiro atoms. The summed E-state index contributed by atoms with van der Waals surface area (Å²) >= 11 is 2.16. The van der Waals surface area contributed by atoms with Crippen LogP contribution >= 0.6 is 22.6 Å². The zero-order chi connectivity index (χ0) is 8.97. The van der Waals surface area contributed by atoms with E-state index in [-0.39, 0.29) is 0 Å². The van der Waals surface area contributed by atoms with Crippen LogP contribution in [0, 0.1) is 3.57 Å². The van der Waals surface area contributed by atoms with E-state index in [9.17, 15) is 4.79 Å². The molecule has 0 radical (unpaired) electrons. The first-order chi connectivity index (χ1) is 5.77. The summed E-state index contributed by atoms with van der Waals surface area (Å²) in [6, 6.07) is 5.47. The molecule has 0 saturated carbocycles. The van der Waals surface area contributed by atoms with Gasteiger partial charge in [-0.2, -0.15) is 0 Å². The summed E-state index contributed by atoms with van der Waals surface area (Å²) in [5.74, 6) is 0.766. The zero-order valence-electron chi connectivity index (χ0n) is 6.50. The Morgan fingerprint density at radius 3 is 2.92 bits per heavy atom. The molecule has 12 heavy (non-hydrogen) atoms. The second-order valence-electron chi connectivity index (χ2n) is 2.11. The fourth-order valence-corrected chi connectivity index (χ4v) is 1.37. The molecular weight excluding hydrogens is 269 g/mol. The van der Waals surface area contributed by atoms with Gasteiger partial charge in [0.1, 0.15) is 5.75 Å². The number of rotatable bonds is 3. The van der Waals surface area contributed by atoms with Gasteiger partial charge in [0.25, 0.3) is 0 Å². The van der Waals surface area contributed by atoms with E-state index in [2.05, 4.69) is 27.9 Å². The molecule has 1 aromatic rings. The van der Waals surface area contributed by atoms with Crippen LogP contribution in [0.1, 0.15) is 0 Å². The standard InChI is InChI=1S/C8H8INO2/c1-12-8-4-6(10-5-11)2-3-7(8)9/h2-5H,1H3,(H,10,11). The zero-order valence-corrected chi connectivity index (χ0v) is 8.66. The molecule has 1 rings (SSSR count). The Balaban J connectivity index is 2.96. The van der Waals surface area contributed by atoms with Gasteiger partial charge in [-0.25, -0.2) is 0 Å². The smallest absolute Gasteiger partial charge is 0.211 e. The van der Waals surface area contributed by atoms with E-state index < -0.39 is 0 Å². The molecule has 3 nitrogen and oxygen atoms in total. The molecule has 1 amide bonds. The van der Waals surface area contributed by atoms with Crippen LogP contribution in [0.4, 0.5) is 5.69 Å². The van der Waals surface area contributed by atoms with E-state index in [1.165, 1.54) is 0 Å². The highest BCUT2D eigenvalue weighted by atomic mass is 127. The minimum Gasteiger partial charge on any atom is -0.496 e. The summed E-state index contributed by atoms with van der Waals surface area (Å²) in [7, 11) is 1.60. The van der Waals surface area contributed by atoms with E-state index in [1.54, 1.807) is 13.2 Å². The van der Waals surface area contributed by atoms with Crippen LogP contribution in [0.25, 0.3) is 0 Å². The van der Waals surface area contributed by atoms with Gasteiger partial charge in [0.2, 0.25) is 6.41 Å². The van der Waals surface area contributed by atoms with Crippen molar-refractivity contribution in [1.82, 2.24) is 0 Å². The average molecular weight is 277 g/mol. The fraction of sp³-hybridized carbons (Fsp3) is 0.125. The van der Waals surface area contributed by atoms with Gasteiger partial charge in [-0.15, -0.1) is 0 Å². The first-order valence-corrected chi connectivity index (χ1v) is 4.39. The molecule has 0 aromatic heterocycles. The molecule has 4 heteroatoms. The lowest BCUT2D eigenvalue weighted by Gasteiger charge is -2.04. The normalized spacial score (nSPS) is 9.17. The predicted octanol–water partition coefficient (Wildman–Crippen LogP) is 1.87. The maximum Gasteiger partial charge on any atom is 0.211 e. The molecule has 0 aliphatic heterocycles. The van der Waals surface area contributed by atoms with Crippen molar-refractivity contribution in [2.24, 2.45) is 0 Å². The Morgan fingerprint density at radius 2 is 2.33 bits per heavy atom. The number of amides is 1. The van der Waals surface area contributed by atoms with Crippen molar-refractivity contribution in [2.75, 3.05) is 12.4 Å². The minimum atomic E-state index is 0.641. The lowest BCUT2D eigenvalue weighted by atomic mass is 10.3. The Labute approximate surface area is 84.2 Å². The number of anilines is 1. The molecule has 0 aliphatic rings. The van der Waals surface area contributed by atoms with E-state index in [1.807, 2.05) is 12.1 Å². The lowest BCUT2D eigenvalue weighted by molar-refractivity contribution is -0.105. The summed E-state index contributed by atoms with van der Waals surface area (Å²) in [5, 5.41) is 2.55. The number of carbonyl (C=O) groups excluding carboxylic acids is 1. The van der Waals surface area contributed by atoms with Gasteiger partial charge in [-0.05, 0) is 34.7 Å². The first-order valence-electron chi connectivity index (χ1n) is 3.31. The Morgan fingerprint density at radius 1 is 1.58 bits per heavy atom. The highest BCUT2D eigenvalue weighted by Gasteiger charge is 1.99. The molecule has 0 atom stereocenters. The predicted molar refractivity (Wildman–Crippen MR) is 55.4 cm³/mol. The number of hydrogen-bond donors (Lipinski definition) is 1. The number of nitrogens with one attached hydrogen (secondary N) is 1. The minimum absolute atomic E-state index is 0.641. The number of hydrogen-bond acceptors (Lipinski definition) is 2. The van der Waals surface area contributed by atoms with Gasteiger partial charge < -0.3 is 10.1 Å². The third-order valence-corrected chi connectivity index (χ3v) is 2.27. The highest BCUT2D eigenvalue weighted by Crippen LogP contribution is 2.23. The summed E-state index contributed by atoms with van der Waals surface area (Å²) < 4.78 is 6.09. The second kappa shape index (κ2) is 4.30. The molecular formula is C8H8INO2. The highest BCUT2D eigenvalue weighted by molar-refractivity contribution is 14.1. The van der Waals surface area contributed by atoms with Gasteiger partial charge >= 0.3 is 0 Å². The largest absolute Gasteiger partial charge is 0.496 e. The van der Waals surface area contributed by atoms with E-state index in [0.29, 0.717) is 6.41 Å². The molecule has 0 bridgehead atoms. The summed E-state index contributed by atoms with van der Waals surface area (Å²) in [6.45, 7) is 0. The van der Waals surface area contributed by atoms with Gasteiger partial charge in [-0.3, -0.25) is 4.79 Å². The monoisotopic (exact) mass is 277 g/mol. The van der Waals surface area contributed by atoms with Crippen LogP contribution in [0.15, 0.2) is 18.2 Å². The second-order valence-corrected chi connectivity index (χ2v) is 3.27. The number of methoxy groups -OCH3 is 1. The van der Waals surface area contributed by atoms with Crippen LogP contribution in [-0.4, -0.2) is 13.5 Å². The lowest BCUT2D eigenvalue weighted by Crippen LogP contribution is -1.95. The maximum absolute atomic E-state index is 10.1. The molecule has 1 aromatic carbocycles. The van der Waals surface area contributed by atoms with Crippen LogP contribution in [0.3, 0.4) is 0 Å². The SMILES string of the molecule is COc1cc(NC=O)ccc1I. The van der Waals surface area contributed by atoms with E-state index in [4.69, 9.17) is 4.74 Å². The van der Waals surface area contributed by atoms with Gasteiger partial charge in [0, 0.05) is 11.8 Å². The summed E-state index contributed by atoms with van der Waals surface area (Å²) in [5.41, 5.74) is 0.738. The van der Waals surface area contributed by atoms with Crippen molar-refractivity contribution < 1.29 is 9.53 Å². The Hall–Kier alpha value is -0.780. The molecule has 0 unspecified atom stereocenters. The quantitative estimate of drug-likeness (QED) is 0.676. The van der Waals surface area contributed by atoms with E-state index >= 15 is 0 Å². The van der Waals surface area contributed by atoms with Crippen molar-refractivity contribution in [1.29, 1.82) is 0 Å². The van der Waals surface area contributed by atoms with Crippen molar-refractivity contribution in [3.8, 4) is 5.75 Å². The van der Waals surface area contributed by atoms with Gasteiger partial charge in [0.15, 0.2) is 0 Å². The first kappa shape index (κ1) is 9.31. The van der Waals surface area contributed by atoms with Crippen LogP contribution in [0.5, 0.6) is 5.75 Å². The number of halogens is 1. The van der Waals surface area contributed by atoms with Crippen LogP contribution < -0.4 is 10.1 Å². The Kier molecular flexibility index (Phi) is 3.33. The molecule has 1 N–H and O–H groups in total. The fourth-order valence-electron chi connectivity index (χ4n) is 0.818. The van der Waals surface area contributed by atoms with Gasteiger partial charge in [-0.1, -0.05) is 0 Å². The van der Waals surface area contributed by atoms with Crippen molar-refractivity contribution >= 4 is 34.7 Å². The summed E-state index contributed by atoms with van der Waals surface area (Å²) in [4.78, 5) is 10.1. The third kappa shape index (κ3) is 2.10. The van der Waals surface area contributed by atoms with Crippen molar-refractivity contribution in [3.63, 3.8) is 0 Å². The molecule has 0 fully saturated rings. The topological polar surface area (TPSA) is 38.3 Å². The molecule has 0 heterocycles. The number of ether oxygens (including phenoxy) is 1. The average Bonchev–Trinajstić information content (AvgIpc) is 2.09. The van der Waals surface area contributed by atoms with Gasteiger partial charge in [0.05, 0.1) is 10.7 Å². The molecule has 64 valence electrons. The summed E-state index contributed by atoms with van der Waals surface area (Å²) in [6.07, 6.45) is 0.641. The van der Waals surface area contributed by atoms with Crippen LogP contribution in [0.2, 0.25) is 0 Å². The van der Waals surface area contributed by atoms with Crippen molar-refractivity contribution in [2.45, 2.75) is 0 Å². The molecule has 0 saturated heterocycles. The number of carbonyl (C=O) groups is 1. The molecule has 0 aliphatic carbocycles. The van der Waals surface area contributed by atoms with E-state index in [0.717, 1.165) is 15.0 Å². The maximum atomic E-state index is 10.1. The van der Waals surface area contributed by atoms with Crippen molar-refractivity contribution in [3.05, 3.63) is 21.8 Å². The Bertz CT molecular complexity index is 288. The number of benzene rings is 1. The van der Waals surface area contributed by atoms with Crippen LogP contribution in [-0.2, 0) is 4.79 Å².